The molecule has 3 fully saturated rings. The first-order chi connectivity index (χ1) is 12.5. The molecule has 0 spiro atoms. The van der Waals surface area contributed by atoms with Gasteiger partial charge in [-0.3, -0.25) is 14.5 Å². The lowest BCUT2D eigenvalue weighted by Crippen LogP contribution is -2.54. The number of carbonyl (C=O) groups is 2. The van der Waals surface area contributed by atoms with Gasteiger partial charge in [-0.2, -0.15) is 0 Å². The summed E-state index contributed by atoms with van der Waals surface area (Å²) in [6.07, 6.45) is 2.94. The first-order valence-corrected chi connectivity index (χ1v) is 10.3. The molecule has 0 aromatic rings. The van der Waals surface area contributed by atoms with Crippen LogP contribution in [0.4, 0.5) is 0 Å². The summed E-state index contributed by atoms with van der Waals surface area (Å²) in [6, 6.07) is -0.0769. The van der Waals surface area contributed by atoms with E-state index in [0.717, 1.165) is 52.1 Å². The number of nitrogens with zero attached hydrogens (tertiary/aromatic N) is 3. The highest BCUT2D eigenvalue weighted by molar-refractivity contribution is 5.82. The van der Waals surface area contributed by atoms with Crippen LogP contribution in [0, 0.1) is 17.8 Å². The van der Waals surface area contributed by atoms with Gasteiger partial charge in [0, 0.05) is 32.1 Å². The fourth-order valence-corrected chi connectivity index (χ4v) is 4.84. The van der Waals surface area contributed by atoms with E-state index in [9.17, 15) is 9.59 Å². The molecular weight excluding hydrogens is 330 g/mol. The number of carbonyl (C=O) groups excluding carboxylic acids is 2. The van der Waals surface area contributed by atoms with Gasteiger partial charge < -0.3 is 14.5 Å². The number of amides is 2. The zero-order chi connectivity index (χ0) is 18.7. The second-order valence-corrected chi connectivity index (χ2v) is 8.61. The maximum absolute atomic E-state index is 12.9. The molecule has 0 aromatic heterocycles. The average molecular weight is 366 g/mol. The van der Waals surface area contributed by atoms with Gasteiger partial charge >= 0.3 is 0 Å². The van der Waals surface area contributed by atoms with E-state index >= 15 is 0 Å². The third-order valence-corrected chi connectivity index (χ3v) is 6.29. The van der Waals surface area contributed by atoms with Crippen LogP contribution in [0.25, 0.3) is 0 Å². The lowest BCUT2D eigenvalue weighted by molar-refractivity contribution is -0.143. The van der Waals surface area contributed by atoms with Gasteiger partial charge in [-0.15, -0.1) is 0 Å². The highest BCUT2D eigenvalue weighted by Crippen LogP contribution is 2.25. The topological polar surface area (TPSA) is 53.1 Å². The van der Waals surface area contributed by atoms with Crippen molar-refractivity contribution in [1.29, 1.82) is 0 Å². The standard InChI is InChI=1S/C20H35N3O3/c1-15-12-16(2)14-23(13-15)19(24)17(3)21-6-4-18(5-7-21)20(25)22-8-10-26-11-9-22/h15-18H,4-14H2,1-3H3. The molecule has 0 bridgehead atoms. The molecule has 3 heterocycles. The van der Waals surface area contributed by atoms with E-state index < -0.39 is 0 Å². The Hall–Kier alpha value is -1.14. The van der Waals surface area contributed by atoms with E-state index in [1.165, 1.54) is 6.42 Å². The van der Waals surface area contributed by atoms with Crippen molar-refractivity contribution >= 4 is 11.8 Å². The van der Waals surface area contributed by atoms with Crippen LogP contribution in [0.2, 0.25) is 0 Å². The van der Waals surface area contributed by atoms with Crippen LogP contribution in [0.1, 0.15) is 40.0 Å². The van der Waals surface area contributed by atoms with Crippen molar-refractivity contribution in [3.05, 3.63) is 0 Å². The summed E-state index contributed by atoms with van der Waals surface area (Å²) in [5, 5.41) is 0. The van der Waals surface area contributed by atoms with Crippen LogP contribution in [0.3, 0.4) is 0 Å². The number of rotatable bonds is 3. The third kappa shape index (κ3) is 4.58. The number of hydrogen-bond acceptors (Lipinski definition) is 4. The average Bonchev–Trinajstić information content (AvgIpc) is 2.66. The van der Waals surface area contributed by atoms with Crippen LogP contribution in [-0.4, -0.2) is 85.0 Å². The molecule has 3 aliphatic rings. The van der Waals surface area contributed by atoms with Gasteiger partial charge in [0.2, 0.25) is 11.8 Å². The number of morpholine rings is 1. The normalized spacial score (nSPS) is 30.3. The smallest absolute Gasteiger partial charge is 0.239 e. The Labute approximate surface area is 157 Å². The largest absolute Gasteiger partial charge is 0.378 e. The molecule has 3 unspecified atom stereocenters. The summed E-state index contributed by atoms with van der Waals surface area (Å²) < 4.78 is 5.34. The predicted octanol–water partition coefficient (Wildman–Crippen LogP) is 1.45. The lowest BCUT2D eigenvalue weighted by Gasteiger charge is -2.41. The Morgan fingerprint density at radius 1 is 0.923 bits per heavy atom. The SMILES string of the molecule is CC1CC(C)CN(C(=O)C(C)N2CCC(C(=O)N3CCOCC3)CC2)C1. The quantitative estimate of drug-likeness (QED) is 0.760. The Morgan fingerprint density at radius 2 is 1.50 bits per heavy atom. The molecule has 3 aliphatic heterocycles. The number of ether oxygens (including phenoxy) is 1. The summed E-state index contributed by atoms with van der Waals surface area (Å²) in [6.45, 7) is 12.7. The molecule has 0 N–H and O–H groups in total. The molecule has 0 radical (unpaired) electrons. The predicted molar refractivity (Wildman–Crippen MR) is 101 cm³/mol. The molecule has 0 saturated carbocycles. The second-order valence-electron chi connectivity index (χ2n) is 8.61. The summed E-state index contributed by atoms with van der Waals surface area (Å²) in [4.78, 5) is 31.9. The molecular formula is C20H35N3O3. The van der Waals surface area contributed by atoms with E-state index in [4.69, 9.17) is 4.74 Å². The molecule has 26 heavy (non-hydrogen) atoms. The molecule has 3 saturated heterocycles. The Balaban J connectivity index is 1.49. The van der Waals surface area contributed by atoms with Crippen molar-refractivity contribution in [2.24, 2.45) is 17.8 Å². The molecule has 2 amide bonds. The van der Waals surface area contributed by atoms with Crippen molar-refractivity contribution in [2.45, 2.75) is 46.1 Å². The minimum Gasteiger partial charge on any atom is -0.378 e. The first kappa shape index (κ1) is 19.6. The lowest BCUT2D eigenvalue weighted by atomic mass is 9.91. The summed E-state index contributed by atoms with van der Waals surface area (Å²) >= 11 is 0. The number of hydrogen-bond donors (Lipinski definition) is 0. The zero-order valence-electron chi connectivity index (χ0n) is 16.7. The first-order valence-electron chi connectivity index (χ1n) is 10.3. The maximum atomic E-state index is 12.9. The van der Waals surface area contributed by atoms with Crippen molar-refractivity contribution in [1.82, 2.24) is 14.7 Å². The molecule has 3 atom stereocenters. The van der Waals surface area contributed by atoms with E-state index in [0.29, 0.717) is 25.0 Å². The van der Waals surface area contributed by atoms with E-state index in [1.54, 1.807) is 0 Å². The van der Waals surface area contributed by atoms with Crippen molar-refractivity contribution in [3.8, 4) is 0 Å². The highest BCUT2D eigenvalue weighted by Gasteiger charge is 2.35. The van der Waals surface area contributed by atoms with Gasteiger partial charge in [-0.25, -0.2) is 0 Å². The molecule has 6 nitrogen and oxygen atoms in total. The number of likely N-dealkylation sites (tertiary alicyclic amines) is 2. The van der Waals surface area contributed by atoms with Gasteiger partial charge in [-0.1, -0.05) is 13.8 Å². The van der Waals surface area contributed by atoms with Crippen LogP contribution >= 0.6 is 0 Å². The van der Waals surface area contributed by atoms with Gasteiger partial charge in [0.25, 0.3) is 0 Å². The summed E-state index contributed by atoms with van der Waals surface area (Å²) in [7, 11) is 0. The van der Waals surface area contributed by atoms with Crippen molar-refractivity contribution < 1.29 is 14.3 Å². The number of piperidine rings is 2. The van der Waals surface area contributed by atoms with Gasteiger partial charge in [0.1, 0.15) is 0 Å². The molecule has 0 aliphatic carbocycles. The molecule has 3 rings (SSSR count). The highest BCUT2D eigenvalue weighted by atomic mass is 16.5. The fraction of sp³-hybridized carbons (Fsp3) is 0.900. The summed E-state index contributed by atoms with van der Waals surface area (Å²) in [5.41, 5.74) is 0. The fourth-order valence-electron chi connectivity index (χ4n) is 4.84. The van der Waals surface area contributed by atoms with Crippen molar-refractivity contribution in [2.75, 3.05) is 52.5 Å². The Bertz CT molecular complexity index is 489. The van der Waals surface area contributed by atoms with Gasteiger partial charge in [0.05, 0.1) is 19.3 Å². The monoisotopic (exact) mass is 365 g/mol. The molecule has 0 aromatic carbocycles. The maximum Gasteiger partial charge on any atom is 0.239 e. The van der Waals surface area contributed by atoms with Crippen LogP contribution < -0.4 is 0 Å². The van der Waals surface area contributed by atoms with Crippen LogP contribution in [-0.2, 0) is 14.3 Å². The second kappa shape index (κ2) is 8.70. The minimum atomic E-state index is -0.0769. The van der Waals surface area contributed by atoms with Crippen LogP contribution in [0.15, 0.2) is 0 Å². The van der Waals surface area contributed by atoms with Crippen LogP contribution in [0.5, 0.6) is 0 Å². The minimum absolute atomic E-state index is 0.0769. The van der Waals surface area contributed by atoms with E-state index in [1.807, 2.05) is 11.8 Å². The third-order valence-electron chi connectivity index (χ3n) is 6.29. The Kier molecular flexibility index (Phi) is 6.56. The Morgan fingerprint density at radius 3 is 2.08 bits per heavy atom. The van der Waals surface area contributed by atoms with E-state index in [2.05, 4.69) is 23.6 Å². The van der Waals surface area contributed by atoms with E-state index in [-0.39, 0.29) is 23.8 Å². The van der Waals surface area contributed by atoms with Gasteiger partial charge in [0.15, 0.2) is 0 Å². The summed E-state index contributed by atoms with van der Waals surface area (Å²) in [5.74, 6) is 1.84. The molecule has 6 heteroatoms. The molecule has 148 valence electrons. The van der Waals surface area contributed by atoms with Crippen molar-refractivity contribution in [3.63, 3.8) is 0 Å². The van der Waals surface area contributed by atoms with Gasteiger partial charge in [-0.05, 0) is 51.1 Å². The zero-order valence-corrected chi connectivity index (χ0v) is 16.7.